The maximum atomic E-state index is 13.9. The Balaban J connectivity index is 1.30. The van der Waals surface area contributed by atoms with Crippen molar-refractivity contribution in [2.45, 2.75) is 44.9 Å². The van der Waals surface area contributed by atoms with Gasteiger partial charge in [0.05, 0.1) is 6.04 Å². The largest absolute Gasteiger partial charge is 0.356 e. The van der Waals surface area contributed by atoms with E-state index in [-0.39, 0.29) is 23.6 Å². The molecule has 3 aromatic carbocycles. The fraction of sp³-hybridized carbons (Fsp3) is 0.258. The molecule has 6 rings (SSSR count). The van der Waals surface area contributed by atoms with Crippen LogP contribution in [0.3, 0.4) is 0 Å². The summed E-state index contributed by atoms with van der Waals surface area (Å²) in [6, 6.07) is 20.9. The predicted molar refractivity (Wildman–Crippen MR) is 150 cm³/mol. The number of aromatic nitrogens is 1. The summed E-state index contributed by atoms with van der Waals surface area (Å²) in [5.74, 6) is -0.941. The highest BCUT2D eigenvalue weighted by atomic mass is 35.5. The van der Waals surface area contributed by atoms with Gasteiger partial charge in [-0.3, -0.25) is 14.4 Å². The fourth-order valence-corrected chi connectivity index (χ4v) is 5.95. The van der Waals surface area contributed by atoms with E-state index in [2.05, 4.69) is 15.6 Å². The quantitative estimate of drug-likeness (QED) is 0.329. The van der Waals surface area contributed by atoms with Crippen molar-refractivity contribution in [3.63, 3.8) is 0 Å². The number of hydrogen-bond donors (Lipinski definition) is 3. The van der Waals surface area contributed by atoms with Crippen LogP contribution < -0.4 is 10.6 Å². The maximum absolute atomic E-state index is 13.9. The SMILES string of the molecule is CC(C)[C@H](NC(=O)[C@@H]1Cc2c([nH]c3ccccc23)[C@H]2c3ccccc3C(=O)N21)C(=O)NCc1ccc(Cl)cc1. The van der Waals surface area contributed by atoms with Gasteiger partial charge in [-0.05, 0) is 46.9 Å². The van der Waals surface area contributed by atoms with Crippen LogP contribution in [-0.4, -0.2) is 39.7 Å². The van der Waals surface area contributed by atoms with E-state index in [1.165, 1.54) is 0 Å². The Labute approximate surface area is 231 Å². The first-order chi connectivity index (χ1) is 18.8. The molecule has 0 saturated carbocycles. The standard InChI is InChI=1S/C31H29ClN4O3/c1-17(2)26(30(38)33-16-18-11-13-19(32)14-12-18)35-29(37)25-15-23-20-7-5-6-10-24(20)34-27(23)28-21-8-3-4-9-22(21)31(39)36(25)28/h3-14,17,25-26,28,34H,15-16H2,1-2H3,(H,33,38)(H,35,37)/t25-,26-,28+/m0/s1. The molecule has 0 unspecified atom stereocenters. The molecular weight excluding hydrogens is 512 g/mol. The van der Waals surface area contributed by atoms with Gasteiger partial charge in [0.2, 0.25) is 11.8 Å². The monoisotopic (exact) mass is 540 g/mol. The molecule has 0 radical (unpaired) electrons. The van der Waals surface area contributed by atoms with Crippen molar-refractivity contribution in [2.75, 3.05) is 0 Å². The molecule has 2 aliphatic heterocycles. The smallest absolute Gasteiger partial charge is 0.255 e. The van der Waals surface area contributed by atoms with Crippen LogP contribution >= 0.6 is 11.6 Å². The topological polar surface area (TPSA) is 94.3 Å². The van der Waals surface area contributed by atoms with Gasteiger partial charge in [-0.2, -0.15) is 0 Å². The number of nitrogens with one attached hydrogen (secondary N) is 3. The van der Waals surface area contributed by atoms with Crippen molar-refractivity contribution in [3.8, 4) is 0 Å². The Morgan fingerprint density at radius 2 is 1.74 bits per heavy atom. The molecule has 3 atom stereocenters. The van der Waals surface area contributed by atoms with Gasteiger partial charge < -0.3 is 20.5 Å². The average molecular weight is 541 g/mol. The zero-order valence-corrected chi connectivity index (χ0v) is 22.5. The second kappa shape index (κ2) is 9.89. The summed E-state index contributed by atoms with van der Waals surface area (Å²) in [5, 5.41) is 7.59. The van der Waals surface area contributed by atoms with E-state index in [0.29, 0.717) is 23.6 Å². The summed E-state index contributed by atoms with van der Waals surface area (Å²) in [4.78, 5) is 46.0. The second-order valence-electron chi connectivity index (χ2n) is 10.6. The molecule has 39 heavy (non-hydrogen) atoms. The molecule has 0 aliphatic carbocycles. The zero-order valence-electron chi connectivity index (χ0n) is 21.7. The molecule has 1 aromatic heterocycles. The number of aromatic amines is 1. The third-order valence-corrected chi connectivity index (χ3v) is 8.03. The van der Waals surface area contributed by atoms with Gasteiger partial charge in [0.25, 0.3) is 5.91 Å². The van der Waals surface area contributed by atoms with Crippen LogP contribution in [0.4, 0.5) is 0 Å². The van der Waals surface area contributed by atoms with Gasteiger partial charge in [0, 0.05) is 40.1 Å². The highest BCUT2D eigenvalue weighted by molar-refractivity contribution is 6.30. The lowest BCUT2D eigenvalue weighted by molar-refractivity contribution is -0.133. The Hall–Kier alpha value is -4.10. The van der Waals surface area contributed by atoms with Gasteiger partial charge >= 0.3 is 0 Å². The number of H-pyrrole nitrogens is 1. The minimum absolute atomic E-state index is 0.159. The number of carbonyl (C=O) groups excluding carboxylic acids is 3. The minimum Gasteiger partial charge on any atom is -0.356 e. The molecule has 3 heterocycles. The van der Waals surface area contributed by atoms with E-state index in [1.54, 1.807) is 17.0 Å². The summed E-state index contributed by atoms with van der Waals surface area (Å²) in [7, 11) is 0. The molecule has 2 aliphatic rings. The van der Waals surface area contributed by atoms with Crippen LogP contribution in [0.5, 0.6) is 0 Å². The molecule has 198 valence electrons. The van der Waals surface area contributed by atoms with Crippen molar-refractivity contribution in [3.05, 3.63) is 106 Å². The van der Waals surface area contributed by atoms with Gasteiger partial charge in [-0.15, -0.1) is 0 Å². The molecule has 0 fully saturated rings. The lowest BCUT2D eigenvalue weighted by Crippen LogP contribution is -2.57. The van der Waals surface area contributed by atoms with Gasteiger partial charge in [0.1, 0.15) is 12.1 Å². The zero-order chi connectivity index (χ0) is 27.3. The molecule has 0 spiro atoms. The van der Waals surface area contributed by atoms with Crippen molar-refractivity contribution in [2.24, 2.45) is 5.92 Å². The van der Waals surface area contributed by atoms with Gasteiger partial charge in [-0.25, -0.2) is 0 Å². The first-order valence-corrected chi connectivity index (χ1v) is 13.5. The maximum Gasteiger partial charge on any atom is 0.255 e. The Bertz CT molecular complexity index is 1590. The van der Waals surface area contributed by atoms with Gasteiger partial charge in [-0.1, -0.05) is 74.0 Å². The van der Waals surface area contributed by atoms with Crippen LogP contribution in [0, 0.1) is 5.92 Å². The van der Waals surface area contributed by atoms with E-state index < -0.39 is 18.1 Å². The number of hydrogen-bond acceptors (Lipinski definition) is 3. The van der Waals surface area contributed by atoms with Crippen LogP contribution in [0.25, 0.3) is 10.9 Å². The third-order valence-electron chi connectivity index (χ3n) is 7.78. The highest BCUT2D eigenvalue weighted by Crippen LogP contribution is 2.46. The van der Waals surface area contributed by atoms with Crippen molar-refractivity contribution in [1.29, 1.82) is 0 Å². The summed E-state index contributed by atoms with van der Waals surface area (Å²) in [6.07, 6.45) is 0.360. The van der Waals surface area contributed by atoms with Crippen LogP contribution in [0.1, 0.15) is 52.6 Å². The summed E-state index contributed by atoms with van der Waals surface area (Å²) in [5.41, 5.74) is 5.34. The van der Waals surface area contributed by atoms with E-state index in [0.717, 1.165) is 33.3 Å². The van der Waals surface area contributed by atoms with Crippen LogP contribution in [0.2, 0.25) is 5.02 Å². The number of rotatable bonds is 6. The number of carbonyl (C=O) groups is 3. The van der Waals surface area contributed by atoms with E-state index >= 15 is 0 Å². The normalized spacial score (nSPS) is 18.5. The van der Waals surface area contributed by atoms with E-state index in [4.69, 9.17) is 11.6 Å². The molecule has 0 bridgehead atoms. The number of fused-ring (bicyclic) bond motifs is 7. The summed E-state index contributed by atoms with van der Waals surface area (Å²) < 4.78 is 0. The number of benzene rings is 3. The molecule has 3 amide bonds. The summed E-state index contributed by atoms with van der Waals surface area (Å²) >= 11 is 5.97. The molecule has 7 nitrogen and oxygen atoms in total. The highest BCUT2D eigenvalue weighted by Gasteiger charge is 2.49. The first kappa shape index (κ1) is 25.2. The molecular formula is C31H29ClN4O3. The van der Waals surface area contributed by atoms with E-state index in [9.17, 15) is 14.4 Å². The number of amides is 3. The van der Waals surface area contributed by atoms with Crippen molar-refractivity contribution < 1.29 is 14.4 Å². The molecule has 0 saturated heterocycles. The van der Waals surface area contributed by atoms with E-state index in [1.807, 2.05) is 74.5 Å². The first-order valence-electron chi connectivity index (χ1n) is 13.2. The number of halogens is 1. The third kappa shape index (κ3) is 4.36. The fourth-order valence-electron chi connectivity index (χ4n) is 5.82. The molecule has 8 heteroatoms. The molecule has 4 aromatic rings. The lowest BCUT2D eigenvalue weighted by atomic mass is 9.89. The summed E-state index contributed by atoms with van der Waals surface area (Å²) in [6.45, 7) is 4.11. The number of nitrogens with zero attached hydrogens (tertiary/aromatic N) is 1. The van der Waals surface area contributed by atoms with Crippen LogP contribution in [0.15, 0.2) is 72.8 Å². The van der Waals surface area contributed by atoms with Crippen molar-refractivity contribution in [1.82, 2.24) is 20.5 Å². The Morgan fingerprint density at radius 3 is 2.51 bits per heavy atom. The van der Waals surface area contributed by atoms with Gasteiger partial charge in [0.15, 0.2) is 0 Å². The average Bonchev–Trinajstić information content (AvgIpc) is 3.46. The predicted octanol–water partition coefficient (Wildman–Crippen LogP) is 4.75. The second-order valence-corrected chi connectivity index (χ2v) is 11.0. The van der Waals surface area contributed by atoms with Crippen LogP contribution in [-0.2, 0) is 22.6 Å². The lowest BCUT2D eigenvalue weighted by Gasteiger charge is -2.38. The Kier molecular flexibility index (Phi) is 6.39. The Morgan fingerprint density at radius 1 is 1.03 bits per heavy atom. The molecule has 3 N–H and O–H groups in total. The van der Waals surface area contributed by atoms with Crippen molar-refractivity contribution >= 4 is 40.2 Å². The number of para-hydroxylation sites is 1. The minimum atomic E-state index is -0.757.